The summed E-state index contributed by atoms with van der Waals surface area (Å²) < 4.78 is 38.8. The average molecular weight is 440 g/mol. The summed E-state index contributed by atoms with van der Waals surface area (Å²) in [4.78, 5) is 6.32. The molecule has 0 spiro atoms. The van der Waals surface area contributed by atoms with Gasteiger partial charge < -0.3 is 0 Å². The number of halogens is 3. The molecule has 3 aromatic carbocycles. The van der Waals surface area contributed by atoms with Crippen molar-refractivity contribution in [2.45, 2.75) is 37.8 Å². The first-order chi connectivity index (χ1) is 14.7. The van der Waals surface area contributed by atoms with Crippen molar-refractivity contribution < 1.29 is 13.2 Å². The van der Waals surface area contributed by atoms with E-state index in [1.54, 1.807) is 6.21 Å². The number of rotatable bonds is 6. The highest BCUT2D eigenvalue weighted by Gasteiger charge is 2.30. The molecule has 0 aromatic heterocycles. The molecule has 0 radical (unpaired) electrons. The van der Waals surface area contributed by atoms with Crippen LogP contribution in [0.3, 0.4) is 0 Å². The number of nitrogens with zero attached hydrogens (tertiary/aromatic N) is 1. The van der Waals surface area contributed by atoms with Gasteiger partial charge in [0.1, 0.15) is 0 Å². The monoisotopic (exact) mass is 439 g/mol. The molecule has 0 atom stereocenters. The van der Waals surface area contributed by atoms with Gasteiger partial charge in [0.15, 0.2) is 0 Å². The number of alkyl halides is 3. The van der Waals surface area contributed by atoms with Gasteiger partial charge in [-0.3, -0.25) is 4.99 Å². The molecule has 0 aliphatic carbocycles. The summed E-state index contributed by atoms with van der Waals surface area (Å²) in [6, 6.07) is 21.3. The molecule has 0 aliphatic heterocycles. The molecule has 0 bridgehead atoms. The summed E-state index contributed by atoms with van der Waals surface area (Å²) in [7, 11) is 0. The van der Waals surface area contributed by atoms with Gasteiger partial charge in [0.25, 0.3) is 0 Å². The molecule has 5 heteroatoms. The van der Waals surface area contributed by atoms with E-state index in [1.807, 2.05) is 49.4 Å². The van der Waals surface area contributed by atoms with Gasteiger partial charge in [-0.15, -0.1) is 0 Å². The lowest BCUT2D eigenvalue weighted by Crippen LogP contribution is -2.04. The maximum atomic E-state index is 12.9. The fourth-order valence-electron chi connectivity index (χ4n) is 2.88. The highest BCUT2D eigenvalue weighted by molar-refractivity contribution is 8.08. The Balaban J connectivity index is 1.88. The summed E-state index contributed by atoms with van der Waals surface area (Å²) in [6.07, 6.45) is -0.821. The minimum Gasteiger partial charge on any atom is -0.257 e. The molecule has 0 amide bonds. The van der Waals surface area contributed by atoms with Crippen LogP contribution in [0.15, 0.2) is 88.8 Å². The normalized spacial score (nSPS) is 12.7. The number of aliphatic imine (C=N–C) groups is 1. The van der Waals surface area contributed by atoms with Crippen molar-refractivity contribution in [3.05, 3.63) is 101 Å². The van der Waals surface area contributed by atoms with E-state index in [2.05, 4.69) is 31.0 Å². The van der Waals surface area contributed by atoms with Gasteiger partial charge in [-0.1, -0.05) is 67.6 Å². The predicted octanol–water partition coefficient (Wildman–Crippen LogP) is 8.67. The maximum Gasteiger partial charge on any atom is 0.416 e. The van der Waals surface area contributed by atoms with Crippen LogP contribution >= 0.6 is 11.8 Å². The van der Waals surface area contributed by atoms with Gasteiger partial charge in [0.05, 0.1) is 11.3 Å². The van der Waals surface area contributed by atoms with E-state index >= 15 is 0 Å². The van der Waals surface area contributed by atoms with E-state index < -0.39 is 11.7 Å². The molecule has 31 heavy (non-hydrogen) atoms. The first-order valence-corrected chi connectivity index (χ1v) is 10.8. The van der Waals surface area contributed by atoms with Crippen molar-refractivity contribution in [3.63, 3.8) is 0 Å². The van der Waals surface area contributed by atoms with E-state index in [-0.39, 0.29) is 0 Å². The molecular weight excluding hydrogens is 415 g/mol. The van der Waals surface area contributed by atoms with Gasteiger partial charge >= 0.3 is 6.18 Å². The molecular formula is C26H24F3NS. The first-order valence-electron chi connectivity index (χ1n) is 9.99. The van der Waals surface area contributed by atoms with E-state index in [4.69, 9.17) is 0 Å². The zero-order valence-electron chi connectivity index (χ0n) is 17.6. The van der Waals surface area contributed by atoms with Gasteiger partial charge in [-0.25, -0.2) is 0 Å². The van der Waals surface area contributed by atoms with Crippen molar-refractivity contribution in [3.8, 4) is 0 Å². The van der Waals surface area contributed by atoms with Crippen LogP contribution in [0.1, 0.15) is 42.0 Å². The number of benzene rings is 3. The summed E-state index contributed by atoms with van der Waals surface area (Å²) in [5.41, 5.74) is 3.27. The van der Waals surface area contributed by atoms with Crippen molar-refractivity contribution in [2.75, 3.05) is 0 Å². The predicted molar refractivity (Wildman–Crippen MR) is 125 cm³/mol. The highest BCUT2D eigenvalue weighted by Crippen LogP contribution is 2.36. The SMILES string of the molecule is Cc1ccc(SC(=CC=Nc2ccc(C(C)C)cc2)c2ccc(C(F)(F)F)cc2)cc1. The number of allylic oxidation sites excluding steroid dienone is 1. The van der Waals surface area contributed by atoms with Crippen LogP contribution in [0, 0.1) is 6.92 Å². The van der Waals surface area contributed by atoms with Crippen LogP contribution in [0.2, 0.25) is 0 Å². The van der Waals surface area contributed by atoms with Crippen LogP contribution in [-0.4, -0.2) is 6.21 Å². The molecule has 0 fully saturated rings. The van der Waals surface area contributed by atoms with Crippen molar-refractivity contribution in [2.24, 2.45) is 4.99 Å². The fourth-order valence-corrected chi connectivity index (χ4v) is 3.79. The first kappa shape index (κ1) is 22.9. The van der Waals surface area contributed by atoms with Gasteiger partial charge in [-0.05, 0) is 66.4 Å². The second-order valence-corrected chi connectivity index (χ2v) is 8.66. The summed E-state index contributed by atoms with van der Waals surface area (Å²) in [6.45, 7) is 6.29. The molecule has 160 valence electrons. The number of aryl methyl sites for hydroxylation is 1. The molecule has 0 N–H and O–H groups in total. The maximum absolute atomic E-state index is 12.9. The van der Waals surface area contributed by atoms with Crippen molar-refractivity contribution in [1.29, 1.82) is 0 Å². The van der Waals surface area contributed by atoms with Crippen molar-refractivity contribution >= 4 is 28.6 Å². The Morgan fingerprint density at radius 3 is 2.03 bits per heavy atom. The minimum absolute atomic E-state index is 0.454. The number of hydrogen-bond acceptors (Lipinski definition) is 2. The second-order valence-electron chi connectivity index (χ2n) is 7.55. The molecule has 1 nitrogen and oxygen atoms in total. The largest absolute Gasteiger partial charge is 0.416 e. The second kappa shape index (κ2) is 10.0. The van der Waals surface area contributed by atoms with Gasteiger partial charge in [0, 0.05) is 16.0 Å². The molecule has 3 aromatic rings. The quantitative estimate of drug-likeness (QED) is 0.276. The Labute approximate surface area is 185 Å². The van der Waals surface area contributed by atoms with Crippen LogP contribution < -0.4 is 0 Å². The Bertz CT molecular complexity index is 1050. The zero-order valence-corrected chi connectivity index (χ0v) is 18.5. The Morgan fingerprint density at radius 1 is 0.871 bits per heavy atom. The molecule has 0 saturated heterocycles. The molecule has 0 unspecified atom stereocenters. The lowest BCUT2D eigenvalue weighted by Gasteiger charge is -2.10. The van der Waals surface area contributed by atoms with Crippen LogP contribution in [0.25, 0.3) is 4.91 Å². The summed E-state index contributed by atoms with van der Waals surface area (Å²) in [5, 5.41) is 0. The third-order valence-corrected chi connectivity index (χ3v) is 5.85. The third kappa shape index (κ3) is 6.59. The Kier molecular flexibility index (Phi) is 7.39. The lowest BCUT2D eigenvalue weighted by atomic mass is 10.0. The minimum atomic E-state index is -4.35. The van der Waals surface area contributed by atoms with E-state index in [0.29, 0.717) is 11.5 Å². The Hall–Kier alpha value is -2.79. The average Bonchev–Trinajstić information content (AvgIpc) is 2.74. The van der Waals surface area contributed by atoms with Crippen LogP contribution in [0.5, 0.6) is 0 Å². The molecule has 0 heterocycles. The van der Waals surface area contributed by atoms with Crippen LogP contribution in [0.4, 0.5) is 18.9 Å². The van der Waals surface area contributed by atoms with Gasteiger partial charge in [-0.2, -0.15) is 13.2 Å². The molecule has 0 aliphatic rings. The molecule has 3 rings (SSSR count). The topological polar surface area (TPSA) is 12.4 Å². The Morgan fingerprint density at radius 2 is 1.48 bits per heavy atom. The standard InChI is InChI=1S/C26H24F3NS/c1-18(2)20-8-12-23(13-9-20)30-17-16-25(31-24-14-4-19(3)5-15-24)21-6-10-22(11-7-21)26(27,28)29/h4-18H,1-3H3. The number of hydrogen-bond donors (Lipinski definition) is 0. The molecule has 0 saturated carbocycles. The smallest absolute Gasteiger partial charge is 0.257 e. The van der Waals surface area contributed by atoms with Crippen LogP contribution in [-0.2, 0) is 6.18 Å². The van der Waals surface area contributed by atoms with Crippen molar-refractivity contribution in [1.82, 2.24) is 0 Å². The zero-order chi connectivity index (χ0) is 22.4. The fraction of sp³-hybridized carbons (Fsp3) is 0.192. The highest BCUT2D eigenvalue weighted by atomic mass is 32.2. The summed E-state index contributed by atoms with van der Waals surface area (Å²) >= 11 is 1.49. The van der Waals surface area contributed by atoms with E-state index in [1.165, 1.54) is 29.5 Å². The van der Waals surface area contributed by atoms with Gasteiger partial charge in [0.2, 0.25) is 0 Å². The number of thioether (sulfide) groups is 1. The van der Waals surface area contributed by atoms with E-state index in [9.17, 15) is 13.2 Å². The van der Waals surface area contributed by atoms with E-state index in [0.717, 1.165) is 33.2 Å². The lowest BCUT2D eigenvalue weighted by molar-refractivity contribution is -0.137. The summed E-state index contributed by atoms with van der Waals surface area (Å²) in [5.74, 6) is 0.454. The third-order valence-electron chi connectivity index (χ3n) is 4.75.